The largest absolute Gasteiger partial charge is 0.419 e. The van der Waals surface area contributed by atoms with Crippen LogP contribution in [-0.2, 0) is 7.05 Å². The van der Waals surface area contributed by atoms with Gasteiger partial charge in [-0.3, -0.25) is 0 Å². The highest BCUT2D eigenvalue weighted by Gasteiger charge is 2.24. The van der Waals surface area contributed by atoms with Gasteiger partial charge in [-0.1, -0.05) is 19.3 Å². The van der Waals surface area contributed by atoms with Crippen LogP contribution in [0, 0.1) is 0 Å². The molecule has 8 heteroatoms. The first-order valence-corrected chi connectivity index (χ1v) is 10.9. The van der Waals surface area contributed by atoms with Gasteiger partial charge in [0.1, 0.15) is 5.82 Å². The lowest BCUT2D eigenvalue weighted by molar-refractivity contribution is 0.380. The topological polar surface area (TPSA) is 84.9 Å². The fourth-order valence-corrected chi connectivity index (χ4v) is 4.49. The number of rotatable bonds is 3. The van der Waals surface area contributed by atoms with Crippen molar-refractivity contribution < 1.29 is 4.42 Å². The SMILES string of the molecule is Cn1nc(-c2nnc(C3CCCNC3)o2)c2ccc(N3CCCCCCC3)nc21. The van der Waals surface area contributed by atoms with Crippen molar-refractivity contribution in [3.63, 3.8) is 0 Å². The highest BCUT2D eigenvalue weighted by molar-refractivity contribution is 5.89. The van der Waals surface area contributed by atoms with Crippen LogP contribution in [0.5, 0.6) is 0 Å². The van der Waals surface area contributed by atoms with E-state index >= 15 is 0 Å². The van der Waals surface area contributed by atoms with Crippen LogP contribution in [0.1, 0.15) is 56.8 Å². The van der Waals surface area contributed by atoms with E-state index in [1.807, 2.05) is 11.7 Å². The number of hydrogen-bond donors (Lipinski definition) is 1. The number of aryl methyl sites for hydroxylation is 1. The molecule has 154 valence electrons. The maximum atomic E-state index is 6.03. The fourth-order valence-electron chi connectivity index (χ4n) is 4.49. The lowest BCUT2D eigenvalue weighted by Gasteiger charge is -2.25. The van der Waals surface area contributed by atoms with Gasteiger partial charge < -0.3 is 14.6 Å². The smallest absolute Gasteiger partial charge is 0.268 e. The maximum absolute atomic E-state index is 6.03. The van der Waals surface area contributed by atoms with Gasteiger partial charge in [-0.05, 0) is 44.4 Å². The minimum atomic E-state index is 0.289. The Balaban J connectivity index is 1.44. The first kappa shape index (κ1) is 18.5. The zero-order valence-corrected chi connectivity index (χ0v) is 17.1. The molecule has 3 aromatic heterocycles. The number of pyridine rings is 1. The summed E-state index contributed by atoms with van der Waals surface area (Å²) < 4.78 is 7.86. The minimum Gasteiger partial charge on any atom is -0.419 e. The van der Waals surface area contributed by atoms with E-state index in [4.69, 9.17) is 9.40 Å². The molecule has 5 rings (SSSR count). The zero-order valence-electron chi connectivity index (χ0n) is 17.1. The molecule has 0 bridgehead atoms. The molecule has 0 saturated carbocycles. The van der Waals surface area contributed by atoms with Crippen molar-refractivity contribution in [2.45, 2.75) is 50.9 Å². The number of anilines is 1. The molecule has 3 aromatic rings. The highest BCUT2D eigenvalue weighted by Crippen LogP contribution is 2.30. The van der Waals surface area contributed by atoms with Gasteiger partial charge in [0.05, 0.1) is 5.39 Å². The molecule has 0 spiro atoms. The Morgan fingerprint density at radius 3 is 2.66 bits per heavy atom. The molecule has 0 aromatic carbocycles. The van der Waals surface area contributed by atoms with Crippen LogP contribution in [0.4, 0.5) is 5.82 Å². The van der Waals surface area contributed by atoms with Gasteiger partial charge in [-0.25, -0.2) is 9.67 Å². The maximum Gasteiger partial charge on any atom is 0.268 e. The Labute approximate surface area is 170 Å². The summed E-state index contributed by atoms with van der Waals surface area (Å²) in [5.74, 6) is 2.51. The standard InChI is InChI=1S/C21H29N7O/c1-27-19-16(9-10-17(23-19)28-12-5-3-2-4-6-13-28)18(26-27)21-25-24-20(29-21)15-8-7-11-22-14-15/h9-10,15,22H,2-8,11-14H2,1H3. The first-order valence-electron chi connectivity index (χ1n) is 10.9. The third-order valence-electron chi connectivity index (χ3n) is 6.14. The molecule has 1 unspecified atom stereocenters. The minimum absolute atomic E-state index is 0.289. The van der Waals surface area contributed by atoms with Gasteiger partial charge in [0.15, 0.2) is 11.3 Å². The monoisotopic (exact) mass is 395 g/mol. The molecule has 1 atom stereocenters. The molecular weight excluding hydrogens is 366 g/mol. The Hall–Kier alpha value is -2.48. The van der Waals surface area contributed by atoms with Gasteiger partial charge in [0.2, 0.25) is 5.89 Å². The lowest BCUT2D eigenvalue weighted by Crippen LogP contribution is -2.28. The van der Waals surface area contributed by atoms with Crippen LogP contribution in [0.25, 0.3) is 22.6 Å². The highest BCUT2D eigenvalue weighted by atomic mass is 16.4. The second kappa shape index (κ2) is 8.10. The van der Waals surface area contributed by atoms with Crippen molar-refractivity contribution in [2.24, 2.45) is 7.05 Å². The molecule has 2 aliphatic heterocycles. The van der Waals surface area contributed by atoms with Gasteiger partial charge in [-0.2, -0.15) is 5.10 Å². The quantitative estimate of drug-likeness (QED) is 0.728. The average Bonchev–Trinajstić information content (AvgIpc) is 3.33. The summed E-state index contributed by atoms with van der Waals surface area (Å²) in [5.41, 5.74) is 1.58. The number of hydrogen-bond acceptors (Lipinski definition) is 7. The second-order valence-corrected chi connectivity index (χ2v) is 8.26. The Morgan fingerprint density at radius 1 is 1.03 bits per heavy atom. The normalized spacial score (nSPS) is 21.3. The zero-order chi connectivity index (χ0) is 19.6. The molecule has 0 amide bonds. The Bertz CT molecular complexity index is 965. The summed E-state index contributed by atoms with van der Waals surface area (Å²) in [7, 11) is 1.93. The van der Waals surface area contributed by atoms with E-state index in [9.17, 15) is 0 Å². The summed E-state index contributed by atoms with van der Waals surface area (Å²) in [4.78, 5) is 7.35. The van der Waals surface area contributed by atoms with Gasteiger partial charge >= 0.3 is 0 Å². The van der Waals surface area contributed by atoms with Crippen molar-refractivity contribution >= 4 is 16.9 Å². The predicted molar refractivity (Wildman–Crippen MR) is 112 cm³/mol. The third-order valence-corrected chi connectivity index (χ3v) is 6.14. The molecule has 0 radical (unpaired) electrons. The van der Waals surface area contributed by atoms with E-state index in [0.29, 0.717) is 11.8 Å². The van der Waals surface area contributed by atoms with Crippen LogP contribution >= 0.6 is 0 Å². The molecule has 29 heavy (non-hydrogen) atoms. The molecular formula is C21H29N7O. The van der Waals surface area contributed by atoms with Crippen molar-refractivity contribution in [3.8, 4) is 11.6 Å². The second-order valence-electron chi connectivity index (χ2n) is 8.26. The average molecular weight is 396 g/mol. The molecule has 0 aliphatic carbocycles. The number of nitrogens with zero attached hydrogens (tertiary/aromatic N) is 6. The van der Waals surface area contributed by atoms with Gasteiger partial charge in [-0.15, -0.1) is 10.2 Å². The van der Waals surface area contributed by atoms with Gasteiger partial charge in [0.25, 0.3) is 5.89 Å². The van der Waals surface area contributed by atoms with E-state index in [2.05, 4.69) is 37.6 Å². The van der Waals surface area contributed by atoms with Gasteiger partial charge in [0, 0.05) is 32.6 Å². The number of fused-ring (bicyclic) bond motifs is 1. The van der Waals surface area contributed by atoms with E-state index in [1.54, 1.807) is 0 Å². The third kappa shape index (κ3) is 3.73. The summed E-state index contributed by atoms with van der Waals surface area (Å²) >= 11 is 0. The molecule has 2 saturated heterocycles. The first-order chi connectivity index (χ1) is 14.3. The van der Waals surface area contributed by atoms with Crippen LogP contribution in [0.3, 0.4) is 0 Å². The van der Waals surface area contributed by atoms with Crippen LogP contribution < -0.4 is 10.2 Å². The van der Waals surface area contributed by atoms with Crippen LogP contribution in [-0.4, -0.2) is 51.1 Å². The van der Waals surface area contributed by atoms with E-state index in [-0.39, 0.29) is 5.92 Å². The number of piperidine rings is 1. The summed E-state index contributed by atoms with van der Waals surface area (Å²) in [6.45, 7) is 4.11. The van der Waals surface area contributed by atoms with Crippen LogP contribution in [0.15, 0.2) is 16.5 Å². The number of aromatic nitrogens is 5. The fraction of sp³-hybridized carbons (Fsp3) is 0.619. The summed E-state index contributed by atoms with van der Waals surface area (Å²) in [5, 5.41) is 17.6. The lowest BCUT2D eigenvalue weighted by atomic mass is 10.00. The molecule has 2 fully saturated rings. The van der Waals surface area contributed by atoms with Crippen molar-refractivity contribution in [1.29, 1.82) is 0 Å². The Morgan fingerprint density at radius 2 is 1.86 bits per heavy atom. The van der Waals surface area contributed by atoms with E-state index in [0.717, 1.165) is 61.6 Å². The van der Waals surface area contributed by atoms with E-state index in [1.165, 1.54) is 32.1 Å². The Kier molecular flexibility index (Phi) is 5.18. The summed E-state index contributed by atoms with van der Waals surface area (Å²) in [6.07, 6.45) is 8.66. The van der Waals surface area contributed by atoms with Crippen molar-refractivity contribution in [1.82, 2.24) is 30.3 Å². The van der Waals surface area contributed by atoms with E-state index < -0.39 is 0 Å². The molecule has 2 aliphatic rings. The predicted octanol–water partition coefficient (Wildman–Crippen LogP) is 3.26. The van der Waals surface area contributed by atoms with Crippen LogP contribution in [0.2, 0.25) is 0 Å². The number of nitrogens with one attached hydrogen (secondary N) is 1. The van der Waals surface area contributed by atoms with Crippen molar-refractivity contribution in [2.75, 3.05) is 31.1 Å². The van der Waals surface area contributed by atoms with Crippen molar-refractivity contribution in [3.05, 3.63) is 18.0 Å². The molecule has 1 N–H and O–H groups in total. The molecule has 5 heterocycles. The molecule has 8 nitrogen and oxygen atoms in total. The summed E-state index contributed by atoms with van der Waals surface area (Å²) in [6, 6.07) is 4.21.